The van der Waals surface area contributed by atoms with Crippen LogP contribution in [-0.4, -0.2) is 14.4 Å². The molecule has 0 unspecified atom stereocenters. The molecule has 2 heterocycles. The van der Waals surface area contributed by atoms with Crippen molar-refractivity contribution in [3.8, 4) is 0 Å². The number of nitrogens with zero attached hydrogens (tertiary/aromatic N) is 1. The fraction of sp³-hybridized carbons (Fsp3) is 0.118. The van der Waals surface area contributed by atoms with Crippen LogP contribution in [0.25, 0.3) is 0 Å². The normalized spacial score (nSPS) is 12.1. The van der Waals surface area contributed by atoms with E-state index in [1.165, 1.54) is 18.4 Å². The zero-order valence-corrected chi connectivity index (χ0v) is 14.1. The smallest absolute Gasteiger partial charge is 0.264 e. The van der Waals surface area contributed by atoms with Crippen LogP contribution >= 0.6 is 0 Å². The van der Waals surface area contributed by atoms with Crippen LogP contribution in [0, 0.1) is 0 Å². The monoisotopic (exact) mass is 359 g/mol. The predicted octanol–water partition coefficient (Wildman–Crippen LogP) is 2.50. The third kappa shape index (κ3) is 4.74. The van der Waals surface area contributed by atoms with Crippen molar-refractivity contribution in [3.63, 3.8) is 0 Å². The number of rotatable bonds is 6. The van der Waals surface area contributed by atoms with Crippen LogP contribution < -0.4 is 10.0 Å². The molecule has 0 fully saturated rings. The first-order valence-corrected chi connectivity index (χ1v) is 9.03. The Bertz CT molecular complexity index is 902. The van der Waals surface area contributed by atoms with Gasteiger partial charge in [-0.3, -0.25) is 0 Å². The zero-order chi connectivity index (χ0) is 17.5. The van der Waals surface area contributed by atoms with E-state index in [1.807, 2.05) is 0 Å². The van der Waals surface area contributed by atoms with Gasteiger partial charge in [-0.25, -0.2) is 18.1 Å². The molecule has 3 rings (SSSR count). The molecule has 3 aromatic rings. The second kappa shape index (κ2) is 7.71. The number of benzene rings is 1. The van der Waals surface area contributed by atoms with Gasteiger partial charge < -0.3 is 14.2 Å². The summed E-state index contributed by atoms with van der Waals surface area (Å²) in [4.78, 5) is 4.41. The lowest BCUT2D eigenvalue weighted by Crippen LogP contribution is -2.40. The van der Waals surface area contributed by atoms with Crippen molar-refractivity contribution in [2.75, 3.05) is 0 Å². The lowest BCUT2D eigenvalue weighted by Gasteiger charge is -2.12. The summed E-state index contributed by atoms with van der Waals surface area (Å²) in [6.45, 7) is 0.492. The minimum Gasteiger partial charge on any atom is -0.467 e. The minimum atomic E-state index is -3.75. The molecule has 0 spiro atoms. The van der Waals surface area contributed by atoms with Crippen molar-refractivity contribution in [1.29, 1.82) is 0 Å². The summed E-state index contributed by atoms with van der Waals surface area (Å²) in [5, 5.41) is 2.93. The summed E-state index contributed by atoms with van der Waals surface area (Å²) in [5.41, 5.74) is 0. The van der Waals surface area contributed by atoms with Gasteiger partial charge >= 0.3 is 0 Å². The Morgan fingerprint density at radius 1 is 0.920 bits per heavy atom. The summed E-state index contributed by atoms with van der Waals surface area (Å²) in [6, 6.07) is 15.1. The summed E-state index contributed by atoms with van der Waals surface area (Å²) in [7, 11) is -3.75. The molecule has 8 heteroatoms. The fourth-order valence-electron chi connectivity index (χ4n) is 2.05. The number of furan rings is 2. The number of sulfonamides is 1. The van der Waals surface area contributed by atoms with Gasteiger partial charge in [-0.2, -0.15) is 0 Å². The van der Waals surface area contributed by atoms with Crippen LogP contribution in [-0.2, 0) is 23.1 Å². The van der Waals surface area contributed by atoms with E-state index < -0.39 is 10.0 Å². The standard InChI is InChI=1S/C17H17N3O4S/c21-25(22,16-8-2-1-3-9-16)20-17(18-12-14-6-4-10-23-14)19-13-15-7-5-11-24-15/h1-11H,12-13H2,(H2,18,19,20). The van der Waals surface area contributed by atoms with Gasteiger partial charge in [0.15, 0.2) is 0 Å². The van der Waals surface area contributed by atoms with Gasteiger partial charge in [-0.1, -0.05) is 18.2 Å². The fourth-order valence-corrected chi connectivity index (χ4v) is 3.08. The van der Waals surface area contributed by atoms with Crippen LogP contribution in [0.1, 0.15) is 11.5 Å². The van der Waals surface area contributed by atoms with Gasteiger partial charge in [-0.15, -0.1) is 0 Å². The van der Waals surface area contributed by atoms with E-state index in [0.29, 0.717) is 18.1 Å². The average molecular weight is 359 g/mol. The summed E-state index contributed by atoms with van der Waals surface area (Å²) in [6.07, 6.45) is 3.08. The molecule has 2 N–H and O–H groups in total. The Morgan fingerprint density at radius 3 is 2.24 bits per heavy atom. The van der Waals surface area contributed by atoms with Crippen LogP contribution in [0.15, 0.2) is 85.8 Å². The van der Waals surface area contributed by atoms with Crippen LogP contribution in [0.5, 0.6) is 0 Å². The molecule has 0 saturated heterocycles. The highest BCUT2D eigenvalue weighted by Gasteiger charge is 2.16. The van der Waals surface area contributed by atoms with Gasteiger partial charge in [0, 0.05) is 0 Å². The van der Waals surface area contributed by atoms with Gasteiger partial charge in [0.25, 0.3) is 10.0 Å². The molecule has 0 saturated carbocycles. The second-order valence-corrected chi connectivity index (χ2v) is 6.78. The second-order valence-electron chi connectivity index (χ2n) is 5.10. The van der Waals surface area contributed by atoms with E-state index in [1.54, 1.807) is 48.7 Å². The summed E-state index contributed by atoms with van der Waals surface area (Å²) >= 11 is 0. The highest BCUT2D eigenvalue weighted by atomic mass is 32.2. The van der Waals surface area contributed by atoms with Crippen LogP contribution in [0.4, 0.5) is 0 Å². The summed E-state index contributed by atoms with van der Waals surface area (Å²) in [5.74, 6) is 1.39. The Morgan fingerprint density at radius 2 is 1.60 bits per heavy atom. The maximum absolute atomic E-state index is 12.5. The van der Waals surface area contributed by atoms with E-state index in [0.717, 1.165) is 0 Å². The van der Waals surface area contributed by atoms with E-state index in [2.05, 4.69) is 15.0 Å². The molecule has 0 aliphatic heterocycles. The quantitative estimate of drug-likeness (QED) is 0.521. The first-order chi connectivity index (χ1) is 12.1. The Hall–Kier alpha value is -3.00. The first kappa shape index (κ1) is 16.8. The third-order valence-corrected chi connectivity index (χ3v) is 4.62. The molecular weight excluding hydrogens is 342 g/mol. The highest BCUT2D eigenvalue weighted by Crippen LogP contribution is 2.08. The van der Waals surface area contributed by atoms with Crippen LogP contribution in [0.3, 0.4) is 0 Å². The molecule has 25 heavy (non-hydrogen) atoms. The molecular formula is C17H17N3O4S. The Labute approximate surface area is 145 Å². The van der Waals surface area contributed by atoms with E-state index in [4.69, 9.17) is 8.83 Å². The van der Waals surface area contributed by atoms with E-state index in [9.17, 15) is 8.42 Å². The minimum absolute atomic E-state index is 0.108. The SMILES string of the molecule is O=S(=O)(NC(=NCc1ccco1)NCc1ccco1)c1ccccc1. The molecule has 0 aliphatic carbocycles. The topological polar surface area (TPSA) is 96.8 Å². The molecule has 0 aliphatic rings. The maximum atomic E-state index is 12.5. The van der Waals surface area contributed by atoms with Crippen molar-refractivity contribution in [2.24, 2.45) is 4.99 Å². The molecule has 0 amide bonds. The number of hydrogen-bond acceptors (Lipinski definition) is 5. The van der Waals surface area contributed by atoms with Crippen LogP contribution in [0.2, 0.25) is 0 Å². The highest BCUT2D eigenvalue weighted by molar-refractivity contribution is 7.90. The van der Waals surface area contributed by atoms with Gasteiger partial charge in [0.1, 0.15) is 18.1 Å². The van der Waals surface area contributed by atoms with E-state index >= 15 is 0 Å². The molecule has 2 aromatic heterocycles. The van der Waals surface area contributed by atoms with Gasteiger partial charge in [-0.05, 0) is 36.4 Å². The van der Waals surface area contributed by atoms with Crippen molar-refractivity contribution in [2.45, 2.75) is 18.0 Å². The van der Waals surface area contributed by atoms with Crippen molar-refractivity contribution < 1.29 is 17.3 Å². The number of aliphatic imine (C=N–C) groups is 1. The molecule has 1 aromatic carbocycles. The summed E-state index contributed by atoms with van der Waals surface area (Å²) < 4.78 is 37.9. The zero-order valence-electron chi connectivity index (χ0n) is 13.3. The average Bonchev–Trinajstić information content (AvgIpc) is 3.31. The van der Waals surface area contributed by atoms with Crippen molar-refractivity contribution >= 4 is 16.0 Å². The van der Waals surface area contributed by atoms with E-state index in [-0.39, 0.29) is 17.4 Å². The van der Waals surface area contributed by atoms with Gasteiger partial charge in [0.05, 0.1) is 24.0 Å². The number of hydrogen-bond donors (Lipinski definition) is 2. The number of nitrogens with one attached hydrogen (secondary N) is 2. The Kier molecular flexibility index (Phi) is 5.20. The lowest BCUT2D eigenvalue weighted by atomic mass is 10.4. The van der Waals surface area contributed by atoms with Gasteiger partial charge in [0.2, 0.25) is 5.96 Å². The largest absolute Gasteiger partial charge is 0.467 e. The predicted molar refractivity (Wildman–Crippen MR) is 92.2 cm³/mol. The Balaban J connectivity index is 1.76. The molecule has 0 atom stereocenters. The number of guanidine groups is 1. The van der Waals surface area contributed by atoms with Crippen molar-refractivity contribution in [3.05, 3.63) is 78.6 Å². The maximum Gasteiger partial charge on any atom is 0.264 e. The molecule has 0 bridgehead atoms. The third-order valence-electron chi connectivity index (χ3n) is 3.27. The molecule has 7 nitrogen and oxygen atoms in total. The van der Waals surface area contributed by atoms with Crippen molar-refractivity contribution in [1.82, 2.24) is 10.0 Å². The lowest BCUT2D eigenvalue weighted by molar-refractivity contribution is 0.500. The first-order valence-electron chi connectivity index (χ1n) is 7.54. The molecule has 0 radical (unpaired) electrons. The molecule has 130 valence electrons.